The molecule has 11 aromatic rings. The fourth-order valence-corrected chi connectivity index (χ4v) is 9.56. The molecular formula is C58H38N4. The van der Waals surface area contributed by atoms with Crippen molar-refractivity contribution in [2.75, 3.05) is 0 Å². The quantitative estimate of drug-likeness (QED) is 0.161. The van der Waals surface area contributed by atoms with Crippen LogP contribution in [0.5, 0.6) is 0 Å². The third kappa shape index (κ3) is 5.95. The number of fused-ring (bicyclic) bond motifs is 6. The number of hydrogen-bond acceptors (Lipinski definition) is 3. The first-order chi connectivity index (χ1) is 30.8. The molecule has 0 aliphatic heterocycles. The van der Waals surface area contributed by atoms with Crippen molar-refractivity contribution in [3.05, 3.63) is 241 Å². The topological polar surface area (TPSA) is 43.6 Å². The number of hydrogen-bond donors (Lipinski definition) is 0. The maximum absolute atomic E-state index is 5.30. The van der Waals surface area contributed by atoms with Crippen LogP contribution >= 0.6 is 0 Å². The summed E-state index contributed by atoms with van der Waals surface area (Å²) in [6, 6.07) is 79.9. The van der Waals surface area contributed by atoms with Gasteiger partial charge in [-0.1, -0.05) is 200 Å². The Labute approximate surface area is 360 Å². The second-order valence-corrected chi connectivity index (χ2v) is 15.9. The third-order valence-electron chi connectivity index (χ3n) is 12.4. The molecule has 1 aliphatic rings. The highest BCUT2D eigenvalue weighted by atomic mass is 15.0. The first-order valence-corrected chi connectivity index (χ1v) is 21.1. The highest BCUT2D eigenvalue weighted by Crippen LogP contribution is 2.51. The van der Waals surface area contributed by atoms with E-state index in [9.17, 15) is 0 Å². The minimum Gasteiger partial charge on any atom is -0.309 e. The van der Waals surface area contributed by atoms with Gasteiger partial charge in [-0.3, -0.25) is 0 Å². The fraction of sp³-hybridized carbons (Fsp3) is 0.0172. The van der Waals surface area contributed by atoms with Crippen molar-refractivity contribution in [3.63, 3.8) is 0 Å². The summed E-state index contributed by atoms with van der Waals surface area (Å²) >= 11 is 0. The standard InChI is InChI=1S/C58H38N4/c1-4-17-38(18-5-1)43-23-14-24-44(37-43)39-33-35-42(36-34-39)57-59-56(41-21-8-3-9-22-41)60-58(61-57)49-29-16-31-51-54(49)48-27-12-13-30-50(48)62(51)52-32-15-28-47-45-25-10-11-26-46(45)53(55(47)52)40-19-6-2-7-20-40/h1-37,53H. The van der Waals surface area contributed by atoms with Crippen molar-refractivity contribution < 1.29 is 0 Å². The predicted molar refractivity (Wildman–Crippen MR) is 254 cm³/mol. The van der Waals surface area contributed by atoms with Gasteiger partial charge < -0.3 is 4.57 Å². The molecule has 9 aromatic carbocycles. The van der Waals surface area contributed by atoms with E-state index < -0.39 is 0 Å². The van der Waals surface area contributed by atoms with Gasteiger partial charge in [0.1, 0.15) is 0 Å². The van der Waals surface area contributed by atoms with Gasteiger partial charge in [0.25, 0.3) is 0 Å². The molecule has 4 heteroatoms. The van der Waals surface area contributed by atoms with E-state index in [4.69, 9.17) is 15.0 Å². The Hall–Kier alpha value is -8.21. The van der Waals surface area contributed by atoms with Crippen LogP contribution in [-0.2, 0) is 0 Å². The highest BCUT2D eigenvalue weighted by molar-refractivity contribution is 6.15. The van der Waals surface area contributed by atoms with E-state index in [0.29, 0.717) is 17.5 Å². The summed E-state index contributed by atoms with van der Waals surface area (Å²) in [6.45, 7) is 0. The second-order valence-electron chi connectivity index (χ2n) is 15.9. The molecule has 62 heavy (non-hydrogen) atoms. The number of rotatable bonds is 7. The summed E-state index contributed by atoms with van der Waals surface area (Å²) in [6.07, 6.45) is 0. The molecule has 2 aromatic heterocycles. The van der Waals surface area contributed by atoms with E-state index >= 15 is 0 Å². The van der Waals surface area contributed by atoms with Crippen LogP contribution in [-0.4, -0.2) is 19.5 Å². The zero-order chi connectivity index (χ0) is 41.0. The van der Waals surface area contributed by atoms with E-state index in [0.717, 1.165) is 49.6 Å². The maximum atomic E-state index is 5.30. The zero-order valence-corrected chi connectivity index (χ0v) is 33.7. The van der Waals surface area contributed by atoms with Crippen LogP contribution < -0.4 is 0 Å². The summed E-state index contributed by atoms with van der Waals surface area (Å²) in [5, 5.41) is 2.25. The molecule has 0 amide bonds. The molecule has 1 unspecified atom stereocenters. The Balaban J connectivity index is 1.03. The Morgan fingerprint density at radius 1 is 0.339 bits per heavy atom. The van der Waals surface area contributed by atoms with Crippen molar-refractivity contribution in [1.29, 1.82) is 0 Å². The molecule has 2 heterocycles. The van der Waals surface area contributed by atoms with Crippen LogP contribution in [0.2, 0.25) is 0 Å². The van der Waals surface area contributed by atoms with Crippen LogP contribution in [0, 0.1) is 0 Å². The van der Waals surface area contributed by atoms with Crippen LogP contribution in [0.1, 0.15) is 22.6 Å². The molecule has 1 aliphatic carbocycles. The van der Waals surface area contributed by atoms with Crippen molar-refractivity contribution in [2.45, 2.75) is 5.92 Å². The van der Waals surface area contributed by atoms with Crippen molar-refractivity contribution in [3.8, 4) is 73.2 Å². The van der Waals surface area contributed by atoms with Gasteiger partial charge in [-0.2, -0.15) is 0 Å². The Morgan fingerprint density at radius 2 is 0.839 bits per heavy atom. The van der Waals surface area contributed by atoms with E-state index in [2.05, 4.69) is 211 Å². The molecule has 290 valence electrons. The van der Waals surface area contributed by atoms with E-state index in [1.54, 1.807) is 0 Å². The van der Waals surface area contributed by atoms with E-state index in [-0.39, 0.29) is 5.92 Å². The Kier molecular flexibility index (Phi) is 8.53. The molecule has 0 N–H and O–H groups in total. The summed E-state index contributed by atoms with van der Waals surface area (Å²) in [4.78, 5) is 15.7. The van der Waals surface area contributed by atoms with Gasteiger partial charge in [0.05, 0.1) is 16.7 Å². The van der Waals surface area contributed by atoms with Gasteiger partial charge in [0, 0.05) is 33.4 Å². The average molecular weight is 791 g/mol. The molecule has 0 saturated carbocycles. The second kappa shape index (κ2) is 14.8. The lowest BCUT2D eigenvalue weighted by Crippen LogP contribution is -2.05. The van der Waals surface area contributed by atoms with E-state index in [1.165, 1.54) is 44.6 Å². The molecule has 1 atom stereocenters. The largest absolute Gasteiger partial charge is 0.309 e. The maximum Gasteiger partial charge on any atom is 0.164 e. The molecule has 0 saturated heterocycles. The summed E-state index contributed by atoms with van der Waals surface area (Å²) in [5.74, 6) is 1.99. The smallest absolute Gasteiger partial charge is 0.164 e. The highest BCUT2D eigenvalue weighted by Gasteiger charge is 2.33. The van der Waals surface area contributed by atoms with Crippen LogP contribution in [0.3, 0.4) is 0 Å². The zero-order valence-electron chi connectivity index (χ0n) is 33.7. The summed E-state index contributed by atoms with van der Waals surface area (Å²) in [5.41, 5.74) is 17.4. The minimum absolute atomic E-state index is 0.0942. The normalized spacial score (nSPS) is 13.0. The number of para-hydroxylation sites is 1. The van der Waals surface area contributed by atoms with Gasteiger partial charge in [0.2, 0.25) is 0 Å². The molecular weight excluding hydrogens is 753 g/mol. The van der Waals surface area contributed by atoms with Crippen LogP contribution in [0.4, 0.5) is 0 Å². The lowest BCUT2D eigenvalue weighted by Gasteiger charge is -2.20. The third-order valence-corrected chi connectivity index (χ3v) is 12.4. The van der Waals surface area contributed by atoms with Gasteiger partial charge in [-0.05, 0) is 74.3 Å². The first kappa shape index (κ1) is 35.7. The van der Waals surface area contributed by atoms with Gasteiger partial charge in [-0.25, -0.2) is 15.0 Å². The summed E-state index contributed by atoms with van der Waals surface area (Å²) in [7, 11) is 0. The molecule has 12 rings (SSSR count). The predicted octanol–water partition coefficient (Wildman–Crippen LogP) is 14.5. The molecule has 0 spiro atoms. The lowest BCUT2D eigenvalue weighted by molar-refractivity contribution is 0.987. The van der Waals surface area contributed by atoms with Crippen molar-refractivity contribution in [1.82, 2.24) is 19.5 Å². The van der Waals surface area contributed by atoms with Gasteiger partial charge in [0.15, 0.2) is 17.5 Å². The fourth-order valence-electron chi connectivity index (χ4n) is 9.56. The minimum atomic E-state index is 0.0942. The summed E-state index contributed by atoms with van der Waals surface area (Å²) < 4.78 is 2.46. The molecule has 0 fully saturated rings. The van der Waals surface area contributed by atoms with E-state index in [1.807, 2.05) is 18.2 Å². The van der Waals surface area contributed by atoms with Crippen molar-refractivity contribution >= 4 is 21.8 Å². The monoisotopic (exact) mass is 790 g/mol. The molecule has 0 bridgehead atoms. The number of aromatic nitrogens is 4. The van der Waals surface area contributed by atoms with Crippen LogP contribution in [0.15, 0.2) is 224 Å². The lowest BCUT2D eigenvalue weighted by atomic mass is 9.88. The first-order valence-electron chi connectivity index (χ1n) is 21.1. The SMILES string of the molecule is c1ccc(-c2cccc(-c3ccc(-c4nc(-c5ccccc5)nc(-c5cccc6c5c5ccccc5n6-c5cccc6c5C(c5ccccc5)c5ccccc5-6)n4)cc3)c2)cc1. The van der Waals surface area contributed by atoms with Gasteiger partial charge in [-0.15, -0.1) is 0 Å². The Morgan fingerprint density at radius 3 is 1.60 bits per heavy atom. The number of nitrogens with zero attached hydrogens (tertiary/aromatic N) is 4. The molecule has 4 nitrogen and oxygen atoms in total. The van der Waals surface area contributed by atoms with Crippen LogP contribution in [0.25, 0.3) is 95.0 Å². The van der Waals surface area contributed by atoms with Gasteiger partial charge >= 0.3 is 0 Å². The average Bonchev–Trinajstić information content (AvgIpc) is 3.88. The molecule has 0 radical (unpaired) electrons. The van der Waals surface area contributed by atoms with Crippen molar-refractivity contribution in [2.24, 2.45) is 0 Å². The Bertz CT molecular complexity index is 3450. The number of benzene rings is 9.